The summed E-state index contributed by atoms with van der Waals surface area (Å²) in [6.45, 7) is 4.44. The van der Waals surface area contributed by atoms with Crippen LogP contribution in [-0.2, 0) is 6.54 Å². The van der Waals surface area contributed by atoms with Crippen molar-refractivity contribution in [1.82, 2.24) is 14.8 Å². The summed E-state index contributed by atoms with van der Waals surface area (Å²) in [6.07, 6.45) is 1.79. The number of nitrogens with zero attached hydrogens (tertiary/aromatic N) is 2. The number of hydrogen-bond donors (Lipinski definition) is 1. The van der Waals surface area contributed by atoms with Gasteiger partial charge in [0, 0.05) is 43.4 Å². The normalized spacial score (nSPS) is 16.6. The Morgan fingerprint density at radius 2 is 2.15 bits per heavy atom. The van der Waals surface area contributed by atoms with Crippen LogP contribution < -0.4 is 0 Å². The van der Waals surface area contributed by atoms with Gasteiger partial charge in [0.1, 0.15) is 5.69 Å². The summed E-state index contributed by atoms with van der Waals surface area (Å²) >= 11 is 5.09. The number of piperazine rings is 1. The molecule has 0 saturated carbocycles. The Kier molecular flexibility index (Phi) is 4.24. The number of carbonyl (C=O) groups excluding carboxylic acids is 1. The number of nitrogens with one attached hydrogen (secondary N) is 1. The van der Waals surface area contributed by atoms with Gasteiger partial charge in [-0.15, -0.1) is 0 Å². The van der Waals surface area contributed by atoms with E-state index < -0.39 is 0 Å². The second-order valence-corrected chi connectivity index (χ2v) is 6.63. The molecular formula is C14H16BrN3OS. The number of halogens is 1. The number of hydrogen-bond acceptors (Lipinski definition) is 3. The molecule has 106 valence electrons. The van der Waals surface area contributed by atoms with Gasteiger partial charge in [-0.1, -0.05) is 0 Å². The fraction of sp³-hybridized carbons (Fsp3) is 0.357. The summed E-state index contributed by atoms with van der Waals surface area (Å²) in [5.41, 5.74) is 2.02. The van der Waals surface area contributed by atoms with Crippen molar-refractivity contribution in [3.8, 4) is 0 Å². The maximum atomic E-state index is 12.3. The molecule has 3 rings (SSSR count). The van der Waals surface area contributed by atoms with Crippen LogP contribution in [0.5, 0.6) is 0 Å². The standard InChI is InChI=1S/C14H16BrN3OS/c15-12-7-13(16-8-12)14(19)18-4-2-17(3-5-18)9-11-1-6-20-10-11/h1,6-8,10,16H,2-5,9H2. The van der Waals surface area contributed by atoms with Crippen molar-refractivity contribution in [3.63, 3.8) is 0 Å². The number of amides is 1. The van der Waals surface area contributed by atoms with E-state index in [1.54, 1.807) is 17.5 Å². The summed E-state index contributed by atoms with van der Waals surface area (Å²) in [7, 11) is 0. The molecule has 0 bridgehead atoms. The van der Waals surface area contributed by atoms with E-state index in [2.05, 4.69) is 42.6 Å². The summed E-state index contributed by atoms with van der Waals surface area (Å²) in [5.74, 6) is 0.0888. The van der Waals surface area contributed by atoms with Gasteiger partial charge < -0.3 is 9.88 Å². The smallest absolute Gasteiger partial charge is 0.270 e. The van der Waals surface area contributed by atoms with Crippen LogP contribution in [0.15, 0.2) is 33.6 Å². The Balaban J connectivity index is 1.54. The molecule has 1 aliphatic rings. The van der Waals surface area contributed by atoms with E-state index in [0.717, 1.165) is 37.2 Å². The highest BCUT2D eigenvalue weighted by Crippen LogP contribution is 2.15. The predicted molar refractivity (Wildman–Crippen MR) is 84.0 cm³/mol. The van der Waals surface area contributed by atoms with Crippen molar-refractivity contribution in [2.45, 2.75) is 6.54 Å². The fourth-order valence-electron chi connectivity index (χ4n) is 2.41. The molecule has 1 saturated heterocycles. The van der Waals surface area contributed by atoms with E-state index in [0.29, 0.717) is 5.69 Å². The molecule has 1 N–H and O–H groups in total. The zero-order valence-corrected chi connectivity index (χ0v) is 13.4. The number of thiophene rings is 1. The van der Waals surface area contributed by atoms with Crippen LogP contribution in [-0.4, -0.2) is 46.9 Å². The molecule has 0 aromatic carbocycles. The minimum Gasteiger partial charge on any atom is -0.356 e. The highest BCUT2D eigenvalue weighted by atomic mass is 79.9. The first kappa shape index (κ1) is 13.9. The molecule has 1 fully saturated rings. The van der Waals surface area contributed by atoms with Gasteiger partial charge in [-0.25, -0.2) is 0 Å². The Bertz CT molecular complexity index is 573. The van der Waals surface area contributed by atoms with E-state index >= 15 is 0 Å². The predicted octanol–water partition coefficient (Wildman–Crippen LogP) is 2.80. The van der Waals surface area contributed by atoms with Crippen molar-refractivity contribution in [2.75, 3.05) is 26.2 Å². The number of aromatic nitrogens is 1. The van der Waals surface area contributed by atoms with Gasteiger partial charge in [0.15, 0.2) is 0 Å². The molecule has 1 aliphatic heterocycles. The first-order valence-electron chi connectivity index (χ1n) is 6.59. The third-order valence-electron chi connectivity index (χ3n) is 3.52. The van der Waals surface area contributed by atoms with Gasteiger partial charge in [0.25, 0.3) is 5.91 Å². The number of rotatable bonds is 3. The van der Waals surface area contributed by atoms with Gasteiger partial charge in [-0.2, -0.15) is 11.3 Å². The summed E-state index contributed by atoms with van der Waals surface area (Å²) in [6, 6.07) is 4.00. The second kappa shape index (κ2) is 6.11. The molecule has 1 amide bonds. The zero-order valence-electron chi connectivity index (χ0n) is 11.0. The Hall–Kier alpha value is -1.11. The first-order valence-corrected chi connectivity index (χ1v) is 8.32. The lowest BCUT2D eigenvalue weighted by Crippen LogP contribution is -2.48. The number of carbonyl (C=O) groups is 1. The first-order chi connectivity index (χ1) is 9.72. The van der Waals surface area contributed by atoms with E-state index in [1.165, 1.54) is 5.56 Å². The molecule has 4 nitrogen and oxygen atoms in total. The Labute approximate surface area is 130 Å². The van der Waals surface area contributed by atoms with Crippen LogP contribution in [0, 0.1) is 0 Å². The SMILES string of the molecule is O=C(c1cc(Br)c[nH]1)N1CCN(Cc2ccsc2)CC1. The average Bonchev–Trinajstić information content (AvgIpc) is 3.10. The summed E-state index contributed by atoms with van der Waals surface area (Å²) in [4.78, 5) is 19.6. The minimum absolute atomic E-state index is 0.0888. The second-order valence-electron chi connectivity index (χ2n) is 4.93. The van der Waals surface area contributed by atoms with E-state index in [1.807, 2.05) is 11.0 Å². The molecular weight excluding hydrogens is 338 g/mol. The van der Waals surface area contributed by atoms with Crippen LogP contribution >= 0.6 is 27.3 Å². The van der Waals surface area contributed by atoms with Gasteiger partial charge in [0.05, 0.1) is 0 Å². The van der Waals surface area contributed by atoms with E-state index in [9.17, 15) is 4.79 Å². The van der Waals surface area contributed by atoms with Crippen molar-refractivity contribution < 1.29 is 4.79 Å². The van der Waals surface area contributed by atoms with E-state index in [-0.39, 0.29) is 5.91 Å². The van der Waals surface area contributed by atoms with Crippen LogP contribution in [0.25, 0.3) is 0 Å². The molecule has 0 aliphatic carbocycles. The monoisotopic (exact) mass is 353 g/mol. The summed E-state index contributed by atoms with van der Waals surface area (Å²) in [5, 5.41) is 4.30. The number of aromatic amines is 1. The fourth-order valence-corrected chi connectivity index (χ4v) is 3.41. The molecule has 0 radical (unpaired) electrons. The highest BCUT2D eigenvalue weighted by molar-refractivity contribution is 9.10. The van der Waals surface area contributed by atoms with Gasteiger partial charge in [-0.05, 0) is 44.4 Å². The van der Waals surface area contributed by atoms with Crippen LogP contribution in [0.4, 0.5) is 0 Å². The number of H-pyrrole nitrogens is 1. The van der Waals surface area contributed by atoms with Crippen LogP contribution in [0.2, 0.25) is 0 Å². The maximum absolute atomic E-state index is 12.3. The highest BCUT2D eigenvalue weighted by Gasteiger charge is 2.22. The lowest BCUT2D eigenvalue weighted by atomic mass is 10.2. The van der Waals surface area contributed by atoms with Crippen LogP contribution in [0.1, 0.15) is 16.1 Å². The van der Waals surface area contributed by atoms with Crippen molar-refractivity contribution in [2.24, 2.45) is 0 Å². The molecule has 6 heteroatoms. The summed E-state index contributed by atoms with van der Waals surface area (Å²) < 4.78 is 0.914. The molecule has 3 heterocycles. The average molecular weight is 354 g/mol. The third kappa shape index (κ3) is 3.13. The molecule has 20 heavy (non-hydrogen) atoms. The molecule has 0 unspecified atom stereocenters. The molecule has 0 atom stereocenters. The van der Waals surface area contributed by atoms with Crippen molar-refractivity contribution in [1.29, 1.82) is 0 Å². The van der Waals surface area contributed by atoms with Crippen molar-refractivity contribution >= 4 is 33.2 Å². The third-order valence-corrected chi connectivity index (χ3v) is 4.71. The lowest BCUT2D eigenvalue weighted by Gasteiger charge is -2.34. The van der Waals surface area contributed by atoms with E-state index in [4.69, 9.17) is 0 Å². The van der Waals surface area contributed by atoms with Crippen LogP contribution in [0.3, 0.4) is 0 Å². The topological polar surface area (TPSA) is 39.3 Å². The largest absolute Gasteiger partial charge is 0.356 e. The van der Waals surface area contributed by atoms with Crippen molar-refractivity contribution in [3.05, 3.63) is 44.8 Å². The maximum Gasteiger partial charge on any atom is 0.270 e. The molecule has 2 aromatic heterocycles. The molecule has 2 aromatic rings. The zero-order chi connectivity index (χ0) is 13.9. The molecule has 0 spiro atoms. The quantitative estimate of drug-likeness (QED) is 0.921. The Morgan fingerprint density at radius 1 is 1.35 bits per heavy atom. The van der Waals surface area contributed by atoms with Gasteiger partial charge >= 0.3 is 0 Å². The van der Waals surface area contributed by atoms with Gasteiger partial charge in [0.2, 0.25) is 0 Å². The lowest BCUT2D eigenvalue weighted by molar-refractivity contribution is 0.0623. The van der Waals surface area contributed by atoms with Gasteiger partial charge in [-0.3, -0.25) is 9.69 Å². The minimum atomic E-state index is 0.0888. The Morgan fingerprint density at radius 3 is 2.75 bits per heavy atom.